The van der Waals surface area contributed by atoms with Gasteiger partial charge in [0.05, 0.1) is 0 Å². The third-order valence-corrected chi connectivity index (χ3v) is 8.76. The van der Waals surface area contributed by atoms with Crippen LogP contribution in [0.3, 0.4) is 0 Å². The van der Waals surface area contributed by atoms with Crippen LogP contribution in [0.5, 0.6) is 0 Å². The fourth-order valence-corrected chi connectivity index (χ4v) is 6.17. The van der Waals surface area contributed by atoms with Crippen molar-refractivity contribution in [3.05, 3.63) is 188 Å². The van der Waals surface area contributed by atoms with E-state index >= 15 is 0 Å². The molecule has 0 spiro atoms. The zero-order valence-electron chi connectivity index (χ0n) is 27.2. The number of benzene rings is 7. The average Bonchev–Trinajstić information content (AvgIpc) is 3.19. The number of aromatic nitrogens is 3. The van der Waals surface area contributed by atoms with Gasteiger partial charge in [0.15, 0.2) is 17.5 Å². The molecular formula is C46H33N3. The zero-order valence-corrected chi connectivity index (χ0v) is 27.2. The number of hydrogen-bond donors (Lipinski definition) is 0. The molecule has 0 atom stereocenters. The van der Waals surface area contributed by atoms with Gasteiger partial charge in [-0.25, -0.2) is 15.0 Å². The van der Waals surface area contributed by atoms with E-state index in [2.05, 4.69) is 165 Å². The average molecular weight is 628 g/mol. The maximum absolute atomic E-state index is 5.23. The molecule has 1 aromatic heterocycles. The van der Waals surface area contributed by atoms with Crippen LogP contribution in [0.1, 0.15) is 5.56 Å². The van der Waals surface area contributed by atoms with Crippen LogP contribution in [0.15, 0.2) is 182 Å². The van der Waals surface area contributed by atoms with Crippen molar-refractivity contribution in [3.63, 3.8) is 0 Å². The van der Waals surface area contributed by atoms with E-state index in [0.29, 0.717) is 17.5 Å². The number of hydrogen-bond acceptors (Lipinski definition) is 3. The molecule has 0 radical (unpaired) electrons. The maximum atomic E-state index is 5.23. The Kier molecular flexibility index (Phi) is 8.15. The molecule has 3 heteroatoms. The minimum atomic E-state index is 0.627. The van der Waals surface area contributed by atoms with Gasteiger partial charge < -0.3 is 0 Å². The second kappa shape index (κ2) is 13.3. The third-order valence-electron chi connectivity index (χ3n) is 8.76. The summed E-state index contributed by atoms with van der Waals surface area (Å²) < 4.78 is 0. The minimum absolute atomic E-state index is 0.627. The zero-order chi connectivity index (χ0) is 33.0. The Morgan fingerprint density at radius 2 is 0.510 bits per heavy atom. The largest absolute Gasteiger partial charge is 0.208 e. The van der Waals surface area contributed by atoms with Gasteiger partial charge in [-0.15, -0.1) is 0 Å². The van der Waals surface area contributed by atoms with Crippen LogP contribution >= 0.6 is 0 Å². The predicted molar refractivity (Wildman–Crippen MR) is 203 cm³/mol. The normalized spacial score (nSPS) is 11.0. The van der Waals surface area contributed by atoms with Crippen LogP contribution in [-0.4, -0.2) is 15.0 Å². The Labute approximate surface area is 287 Å². The highest BCUT2D eigenvalue weighted by atomic mass is 15.0. The lowest BCUT2D eigenvalue weighted by Gasteiger charge is -2.14. The van der Waals surface area contributed by atoms with E-state index < -0.39 is 0 Å². The first-order valence-electron chi connectivity index (χ1n) is 16.5. The summed E-state index contributed by atoms with van der Waals surface area (Å²) in [5.41, 5.74) is 13.0. The van der Waals surface area contributed by atoms with Crippen LogP contribution in [0.4, 0.5) is 0 Å². The Balaban J connectivity index is 1.37. The van der Waals surface area contributed by atoms with Crippen molar-refractivity contribution in [2.45, 2.75) is 6.92 Å². The molecule has 0 aliphatic heterocycles. The summed E-state index contributed by atoms with van der Waals surface area (Å²) in [6, 6.07) is 63.6. The van der Waals surface area contributed by atoms with Gasteiger partial charge in [-0.1, -0.05) is 151 Å². The highest BCUT2D eigenvalue weighted by molar-refractivity contribution is 5.82. The van der Waals surface area contributed by atoms with Crippen LogP contribution in [0, 0.1) is 6.92 Å². The molecule has 0 N–H and O–H groups in total. The molecule has 0 bridgehead atoms. The molecule has 7 aromatic carbocycles. The second-order valence-corrected chi connectivity index (χ2v) is 12.2. The highest BCUT2D eigenvalue weighted by Crippen LogP contribution is 2.35. The Morgan fingerprint density at radius 3 is 0.816 bits per heavy atom. The van der Waals surface area contributed by atoms with Crippen LogP contribution in [-0.2, 0) is 0 Å². The van der Waals surface area contributed by atoms with Gasteiger partial charge >= 0.3 is 0 Å². The summed E-state index contributed by atoms with van der Waals surface area (Å²) >= 11 is 0. The van der Waals surface area contributed by atoms with Crippen molar-refractivity contribution in [2.24, 2.45) is 0 Å². The monoisotopic (exact) mass is 627 g/mol. The summed E-state index contributed by atoms with van der Waals surface area (Å²) in [7, 11) is 0. The molecule has 49 heavy (non-hydrogen) atoms. The van der Waals surface area contributed by atoms with E-state index in [-0.39, 0.29) is 0 Å². The van der Waals surface area contributed by atoms with Crippen molar-refractivity contribution in [1.29, 1.82) is 0 Å². The van der Waals surface area contributed by atoms with Gasteiger partial charge in [0.2, 0.25) is 0 Å². The first kappa shape index (κ1) is 29.9. The molecule has 0 saturated heterocycles. The molecule has 232 valence electrons. The van der Waals surface area contributed by atoms with E-state index in [4.69, 9.17) is 15.0 Å². The minimum Gasteiger partial charge on any atom is -0.208 e. The lowest BCUT2D eigenvalue weighted by Crippen LogP contribution is -2.01. The van der Waals surface area contributed by atoms with E-state index in [0.717, 1.165) is 61.2 Å². The Bertz CT molecular complexity index is 2090. The van der Waals surface area contributed by atoms with Gasteiger partial charge in [0, 0.05) is 16.7 Å². The number of rotatable bonds is 7. The first-order valence-corrected chi connectivity index (χ1v) is 16.5. The lowest BCUT2D eigenvalue weighted by molar-refractivity contribution is 1.07. The van der Waals surface area contributed by atoms with Crippen LogP contribution in [0.25, 0.3) is 78.7 Å². The fourth-order valence-electron chi connectivity index (χ4n) is 6.17. The Morgan fingerprint density at radius 1 is 0.245 bits per heavy atom. The number of nitrogens with zero attached hydrogens (tertiary/aromatic N) is 3. The van der Waals surface area contributed by atoms with Crippen molar-refractivity contribution >= 4 is 0 Å². The van der Waals surface area contributed by atoms with Gasteiger partial charge in [-0.3, -0.25) is 0 Å². The molecule has 0 saturated carbocycles. The standard InChI is InChI=1S/C46H33N3/c1-32-22-24-37(25-23-32)44-47-45(42-28-38(33-14-6-2-7-15-33)26-39(29-42)34-16-8-3-9-17-34)49-46(48-44)43-30-40(35-18-10-4-11-19-35)27-41(31-43)36-20-12-5-13-21-36/h2-31H,1H3. The van der Waals surface area contributed by atoms with E-state index in [1.807, 2.05) is 24.3 Å². The van der Waals surface area contributed by atoms with Gasteiger partial charge in [-0.2, -0.15) is 0 Å². The fraction of sp³-hybridized carbons (Fsp3) is 0.0217. The third kappa shape index (κ3) is 6.56. The molecule has 8 rings (SSSR count). The molecule has 1 heterocycles. The SMILES string of the molecule is Cc1ccc(-c2nc(-c3cc(-c4ccccc4)cc(-c4ccccc4)c3)nc(-c3cc(-c4ccccc4)cc(-c4ccccc4)c3)n2)cc1. The summed E-state index contributed by atoms with van der Waals surface area (Å²) in [6.07, 6.45) is 0. The highest BCUT2D eigenvalue weighted by Gasteiger charge is 2.16. The maximum Gasteiger partial charge on any atom is 0.164 e. The first-order chi connectivity index (χ1) is 24.2. The molecule has 0 aliphatic rings. The summed E-state index contributed by atoms with van der Waals surface area (Å²) in [5, 5.41) is 0. The quantitative estimate of drug-likeness (QED) is 0.176. The molecular weight excluding hydrogens is 595 g/mol. The smallest absolute Gasteiger partial charge is 0.164 e. The number of aryl methyl sites for hydroxylation is 1. The van der Waals surface area contributed by atoms with Crippen molar-refractivity contribution in [2.75, 3.05) is 0 Å². The van der Waals surface area contributed by atoms with Gasteiger partial charge in [0.1, 0.15) is 0 Å². The van der Waals surface area contributed by atoms with E-state index in [9.17, 15) is 0 Å². The summed E-state index contributed by atoms with van der Waals surface area (Å²) in [4.78, 5) is 15.5. The molecule has 8 aromatic rings. The lowest BCUT2D eigenvalue weighted by atomic mass is 9.95. The van der Waals surface area contributed by atoms with Gasteiger partial charge in [0.25, 0.3) is 0 Å². The second-order valence-electron chi connectivity index (χ2n) is 12.2. The van der Waals surface area contributed by atoms with Crippen molar-refractivity contribution in [1.82, 2.24) is 15.0 Å². The predicted octanol–water partition coefficient (Wildman–Crippen LogP) is 11.8. The molecule has 3 nitrogen and oxygen atoms in total. The van der Waals surface area contributed by atoms with Crippen LogP contribution in [0.2, 0.25) is 0 Å². The molecule has 0 unspecified atom stereocenters. The molecule has 0 aliphatic carbocycles. The summed E-state index contributed by atoms with van der Waals surface area (Å²) in [5.74, 6) is 1.89. The molecule has 0 fully saturated rings. The van der Waals surface area contributed by atoms with Crippen LogP contribution < -0.4 is 0 Å². The molecule has 0 amide bonds. The van der Waals surface area contributed by atoms with Crippen molar-refractivity contribution in [3.8, 4) is 78.7 Å². The van der Waals surface area contributed by atoms with E-state index in [1.165, 1.54) is 5.56 Å². The van der Waals surface area contributed by atoms with E-state index in [1.54, 1.807) is 0 Å². The summed E-state index contributed by atoms with van der Waals surface area (Å²) in [6.45, 7) is 2.09. The van der Waals surface area contributed by atoms with Crippen molar-refractivity contribution < 1.29 is 0 Å². The topological polar surface area (TPSA) is 38.7 Å². The Hall–Kier alpha value is -6.45. The van der Waals surface area contributed by atoms with Gasteiger partial charge in [-0.05, 0) is 87.8 Å².